The number of para-hydroxylation sites is 2. The quantitative estimate of drug-likeness (QED) is 0.779. The lowest BCUT2D eigenvalue weighted by atomic mass is 9.83. The maximum absolute atomic E-state index is 5.66. The average Bonchev–Trinajstić information content (AvgIpc) is 3.06. The molecule has 4 nitrogen and oxygen atoms in total. The van der Waals surface area contributed by atoms with Gasteiger partial charge in [0.15, 0.2) is 17.3 Å². The third-order valence-electron chi connectivity index (χ3n) is 4.47. The Morgan fingerprint density at radius 2 is 1.61 bits per heavy atom. The van der Waals surface area contributed by atoms with Crippen molar-refractivity contribution in [2.45, 2.75) is 37.9 Å². The summed E-state index contributed by atoms with van der Waals surface area (Å²) in [5, 5.41) is 0. The lowest BCUT2D eigenvalue weighted by molar-refractivity contribution is -0.182. The van der Waals surface area contributed by atoms with E-state index in [-0.39, 0.29) is 5.79 Å². The highest BCUT2D eigenvalue weighted by atomic mass is 16.7. The summed E-state index contributed by atoms with van der Waals surface area (Å²) in [6.45, 7) is 5.35. The molecule has 0 atom stereocenters. The largest absolute Gasteiger partial charge is 0.493 e. The molecule has 1 heterocycles. The molecule has 0 N–H and O–H groups in total. The Labute approximate surface area is 139 Å². The van der Waals surface area contributed by atoms with Gasteiger partial charge in [-0.3, -0.25) is 0 Å². The Morgan fingerprint density at radius 3 is 2.04 bits per heavy atom. The van der Waals surface area contributed by atoms with Crippen LogP contribution in [0.15, 0.2) is 36.9 Å². The van der Waals surface area contributed by atoms with Gasteiger partial charge in [0.25, 0.3) is 0 Å². The monoisotopic (exact) mass is 320 g/mol. The molecule has 1 aliphatic heterocycles. The predicted molar refractivity (Wildman–Crippen MR) is 91.0 cm³/mol. The van der Waals surface area contributed by atoms with Crippen molar-refractivity contribution in [2.75, 3.05) is 27.4 Å². The molecule has 4 heteroatoms. The minimum Gasteiger partial charge on any atom is -0.493 e. The van der Waals surface area contributed by atoms with Crippen molar-refractivity contribution in [2.24, 2.45) is 5.92 Å². The first-order chi connectivity index (χ1) is 11.2. The van der Waals surface area contributed by atoms with Gasteiger partial charge >= 0.3 is 0 Å². The Kier molecular flexibility index (Phi) is 6.93. The summed E-state index contributed by atoms with van der Waals surface area (Å²) < 4.78 is 21.3. The smallest absolute Gasteiger partial charge is 0.168 e. The fourth-order valence-electron chi connectivity index (χ4n) is 3.16. The van der Waals surface area contributed by atoms with E-state index in [1.54, 1.807) is 14.2 Å². The fourth-order valence-corrected chi connectivity index (χ4v) is 3.16. The van der Waals surface area contributed by atoms with Crippen molar-refractivity contribution in [1.82, 2.24) is 0 Å². The van der Waals surface area contributed by atoms with E-state index in [9.17, 15) is 0 Å². The molecule has 0 bridgehead atoms. The fraction of sp³-hybridized carbons (Fsp3) is 0.579. The van der Waals surface area contributed by atoms with Crippen molar-refractivity contribution in [3.63, 3.8) is 0 Å². The molecule has 1 aromatic rings. The van der Waals surface area contributed by atoms with Crippen molar-refractivity contribution < 1.29 is 18.9 Å². The molecule has 23 heavy (non-hydrogen) atoms. The second-order valence-electron chi connectivity index (χ2n) is 5.93. The van der Waals surface area contributed by atoms with Crippen molar-refractivity contribution >= 4 is 0 Å². The van der Waals surface area contributed by atoms with E-state index >= 15 is 0 Å². The second-order valence-corrected chi connectivity index (χ2v) is 5.93. The van der Waals surface area contributed by atoms with Crippen LogP contribution in [0.3, 0.4) is 0 Å². The second kappa shape index (κ2) is 8.94. The zero-order valence-electron chi connectivity index (χ0n) is 14.3. The first-order valence-electron chi connectivity index (χ1n) is 8.29. The van der Waals surface area contributed by atoms with E-state index in [0.29, 0.717) is 0 Å². The number of methoxy groups -OCH3 is 2. The van der Waals surface area contributed by atoms with E-state index in [0.717, 1.165) is 49.9 Å². The van der Waals surface area contributed by atoms with Crippen LogP contribution in [0.1, 0.15) is 32.1 Å². The number of benzene rings is 1. The first-order valence-corrected chi connectivity index (χ1v) is 8.29. The summed E-state index contributed by atoms with van der Waals surface area (Å²) in [5.74, 6) is 2.17. The minimum absolute atomic E-state index is 0.183. The molecule has 0 amide bonds. The van der Waals surface area contributed by atoms with Crippen LogP contribution in [-0.2, 0) is 9.47 Å². The van der Waals surface area contributed by atoms with E-state index in [1.807, 2.05) is 30.3 Å². The van der Waals surface area contributed by atoms with E-state index < -0.39 is 0 Å². The zero-order valence-corrected chi connectivity index (χ0v) is 14.3. The highest BCUT2D eigenvalue weighted by molar-refractivity contribution is 5.39. The van der Waals surface area contributed by atoms with Crippen LogP contribution in [0.2, 0.25) is 0 Å². The van der Waals surface area contributed by atoms with Crippen LogP contribution >= 0.6 is 0 Å². The van der Waals surface area contributed by atoms with Gasteiger partial charge in [0, 0.05) is 12.8 Å². The summed E-state index contributed by atoms with van der Waals surface area (Å²) in [5.41, 5.74) is 0. The normalized spacial score (nSPS) is 19.7. The Morgan fingerprint density at radius 1 is 1.09 bits per heavy atom. The summed E-state index contributed by atoms with van der Waals surface area (Å²) in [7, 11) is 3.25. The molecule has 2 fully saturated rings. The van der Waals surface area contributed by atoms with Gasteiger partial charge in [-0.2, -0.15) is 0 Å². The zero-order chi connectivity index (χ0) is 16.5. The van der Waals surface area contributed by atoms with Crippen molar-refractivity contribution in [1.29, 1.82) is 0 Å². The molecule has 1 saturated heterocycles. The van der Waals surface area contributed by atoms with Crippen LogP contribution in [0.4, 0.5) is 0 Å². The van der Waals surface area contributed by atoms with Gasteiger partial charge in [-0.15, -0.1) is 6.58 Å². The average molecular weight is 320 g/mol. The van der Waals surface area contributed by atoms with Gasteiger partial charge in [0.2, 0.25) is 0 Å². The van der Waals surface area contributed by atoms with Crippen LogP contribution in [0.5, 0.6) is 11.5 Å². The van der Waals surface area contributed by atoms with E-state index in [1.165, 1.54) is 12.8 Å². The van der Waals surface area contributed by atoms with Crippen LogP contribution in [-0.4, -0.2) is 33.2 Å². The highest BCUT2D eigenvalue weighted by Crippen LogP contribution is 2.39. The minimum atomic E-state index is -0.183. The van der Waals surface area contributed by atoms with E-state index in [4.69, 9.17) is 18.9 Å². The van der Waals surface area contributed by atoms with Gasteiger partial charge in [-0.05, 0) is 37.3 Å². The van der Waals surface area contributed by atoms with Gasteiger partial charge in [0.1, 0.15) is 0 Å². The Bertz CT molecular complexity index is 447. The molecule has 1 aromatic carbocycles. The SMILES string of the molecule is C=CCC1CCC2(CC1)OCCO2.COc1ccccc1OC. The summed E-state index contributed by atoms with van der Waals surface area (Å²) in [6.07, 6.45) is 7.78. The molecular weight excluding hydrogens is 292 g/mol. The molecule has 0 aromatic heterocycles. The number of hydrogen-bond acceptors (Lipinski definition) is 4. The molecule has 1 saturated carbocycles. The highest BCUT2D eigenvalue weighted by Gasteiger charge is 2.39. The topological polar surface area (TPSA) is 36.9 Å². The lowest BCUT2D eigenvalue weighted by Gasteiger charge is -2.35. The number of rotatable bonds is 4. The predicted octanol–water partition coefficient (Wildman–Crippen LogP) is 4.20. The molecule has 1 aliphatic carbocycles. The maximum atomic E-state index is 5.66. The Hall–Kier alpha value is -1.52. The number of allylic oxidation sites excluding steroid dienone is 1. The maximum Gasteiger partial charge on any atom is 0.168 e. The van der Waals surface area contributed by atoms with E-state index in [2.05, 4.69) is 6.58 Å². The summed E-state index contributed by atoms with van der Waals surface area (Å²) in [4.78, 5) is 0. The van der Waals surface area contributed by atoms with Crippen LogP contribution in [0.25, 0.3) is 0 Å². The third kappa shape index (κ3) is 4.98. The van der Waals surface area contributed by atoms with Crippen molar-refractivity contribution in [3.8, 4) is 11.5 Å². The molecule has 0 radical (unpaired) electrons. The molecular formula is C19H28O4. The van der Waals surface area contributed by atoms with Gasteiger partial charge < -0.3 is 18.9 Å². The van der Waals surface area contributed by atoms with Crippen LogP contribution in [0, 0.1) is 5.92 Å². The summed E-state index contributed by atoms with van der Waals surface area (Å²) >= 11 is 0. The third-order valence-corrected chi connectivity index (χ3v) is 4.47. The Balaban J connectivity index is 0.000000174. The standard InChI is InChI=1S/C11H18O2.C8H10O2/c1-2-3-10-4-6-11(7-5-10)12-8-9-13-11;1-9-7-5-3-4-6-8(7)10-2/h2,10H,1,3-9H2;3-6H,1-2H3. The summed E-state index contributed by atoms with van der Waals surface area (Å²) in [6, 6.07) is 7.53. The molecule has 1 spiro atoms. The van der Waals surface area contributed by atoms with Gasteiger partial charge in [-0.1, -0.05) is 18.2 Å². The lowest BCUT2D eigenvalue weighted by Crippen LogP contribution is -2.35. The first kappa shape index (κ1) is 17.8. The van der Waals surface area contributed by atoms with Gasteiger partial charge in [-0.25, -0.2) is 0 Å². The van der Waals surface area contributed by atoms with Gasteiger partial charge in [0.05, 0.1) is 27.4 Å². The number of ether oxygens (including phenoxy) is 4. The molecule has 128 valence electrons. The number of hydrogen-bond donors (Lipinski definition) is 0. The molecule has 0 unspecified atom stereocenters. The van der Waals surface area contributed by atoms with Crippen molar-refractivity contribution in [3.05, 3.63) is 36.9 Å². The molecule has 3 rings (SSSR count). The van der Waals surface area contributed by atoms with Crippen LogP contribution < -0.4 is 9.47 Å². The molecule has 2 aliphatic rings.